The first-order valence-corrected chi connectivity index (χ1v) is 2.96. The minimum atomic E-state index is -4.57. The molecule has 0 aromatic rings. The monoisotopic (exact) mass is 219 g/mol. The molecule has 0 aliphatic rings. The van der Waals surface area contributed by atoms with Crippen molar-refractivity contribution in [3.8, 4) is 0 Å². The quantitative estimate of drug-likeness (QED) is 0.438. The van der Waals surface area contributed by atoms with Gasteiger partial charge in [0.25, 0.3) is 0 Å². The molecule has 10 heavy (non-hydrogen) atoms. The molecule has 0 spiro atoms. The number of hydrogen-bond donors (Lipinski definition) is 1. The van der Waals surface area contributed by atoms with Crippen molar-refractivity contribution >= 4 is 45.9 Å². The summed E-state index contributed by atoms with van der Waals surface area (Å²) in [5.41, 5.74) is 0. The maximum atomic E-state index is 9.70. The standard InChI is InChI=1S/C2H4O5S.Mn.Na.H/c1-2(3)7-8(4,5)6;;;/h1H3,(H,4,5,6);;;. The van der Waals surface area contributed by atoms with Crippen molar-refractivity contribution in [1.82, 2.24) is 0 Å². The molecular weight excluding hydrogens is 214 g/mol. The Morgan fingerprint density at radius 3 is 1.80 bits per heavy atom. The summed E-state index contributed by atoms with van der Waals surface area (Å²) in [6.07, 6.45) is 0. The average Bonchev–Trinajstić information content (AvgIpc) is 1.21. The molecular formula is C2H5MnNaO5S. The third-order valence-electron chi connectivity index (χ3n) is 0.223. The molecule has 57 valence electrons. The van der Waals surface area contributed by atoms with Gasteiger partial charge in [-0.15, -0.1) is 0 Å². The zero-order valence-electron chi connectivity index (χ0n) is 4.37. The third kappa shape index (κ3) is 16.0. The molecule has 0 saturated heterocycles. The second kappa shape index (κ2) is 6.60. The van der Waals surface area contributed by atoms with E-state index in [1.165, 1.54) is 0 Å². The van der Waals surface area contributed by atoms with E-state index in [0.29, 0.717) is 0 Å². The normalized spacial score (nSPS) is 8.60. The van der Waals surface area contributed by atoms with Crippen LogP contribution in [0.15, 0.2) is 0 Å². The topological polar surface area (TPSA) is 80.7 Å². The second-order valence-electron chi connectivity index (χ2n) is 1.00. The van der Waals surface area contributed by atoms with E-state index in [0.717, 1.165) is 6.92 Å². The van der Waals surface area contributed by atoms with Gasteiger partial charge in [-0.3, -0.25) is 9.35 Å². The zero-order chi connectivity index (χ0) is 6.78. The van der Waals surface area contributed by atoms with Crippen LogP contribution in [0.2, 0.25) is 0 Å². The van der Waals surface area contributed by atoms with Gasteiger partial charge in [-0.1, -0.05) is 0 Å². The van der Waals surface area contributed by atoms with Gasteiger partial charge < -0.3 is 4.18 Å². The first-order chi connectivity index (χ1) is 3.42. The first-order valence-electron chi connectivity index (χ1n) is 1.59. The van der Waals surface area contributed by atoms with E-state index in [-0.39, 0.29) is 46.6 Å². The summed E-state index contributed by atoms with van der Waals surface area (Å²) in [5, 5.41) is 0. The average molecular weight is 219 g/mol. The van der Waals surface area contributed by atoms with Gasteiger partial charge in [-0.25, -0.2) is 0 Å². The summed E-state index contributed by atoms with van der Waals surface area (Å²) < 4.78 is 30.2. The van der Waals surface area contributed by atoms with Crippen LogP contribution in [0.5, 0.6) is 0 Å². The van der Waals surface area contributed by atoms with Crippen molar-refractivity contribution in [2.75, 3.05) is 0 Å². The first kappa shape index (κ1) is 17.1. The summed E-state index contributed by atoms with van der Waals surface area (Å²) >= 11 is 0. The van der Waals surface area contributed by atoms with Crippen LogP contribution in [-0.2, 0) is 36.4 Å². The summed E-state index contributed by atoms with van der Waals surface area (Å²) in [6, 6.07) is 0. The molecule has 0 heterocycles. The summed E-state index contributed by atoms with van der Waals surface area (Å²) in [4.78, 5) is 9.70. The van der Waals surface area contributed by atoms with E-state index in [1.807, 2.05) is 0 Å². The predicted octanol–water partition coefficient (Wildman–Crippen LogP) is -1.30. The minimum absolute atomic E-state index is 0. The number of carbonyl (C=O) groups is 1. The van der Waals surface area contributed by atoms with Gasteiger partial charge in [0.05, 0.1) is 0 Å². The van der Waals surface area contributed by atoms with Gasteiger partial charge in [-0.2, -0.15) is 8.42 Å². The van der Waals surface area contributed by atoms with Crippen LogP contribution in [0, 0.1) is 0 Å². The van der Waals surface area contributed by atoms with Crippen molar-refractivity contribution in [2.45, 2.75) is 6.92 Å². The molecule has 0 amide bonds. The van der Waals surface area contributed by atoms with Gasteiger partial charge in [0.15, 0.2) is 0 Å². The van der Waals surface area contributed by atoms with E-state index >= 15 is 0 Å². The Kier molecular flexibility index (Phi) is 11.3. The Bertz CT molecular complexity index is 186. The Morgan fingerprint density at radius 1 is 1.50 bits per heavy atom. The van der Waals surface area contributed by atoms with Gasteiger partial charge in [0.1, 0.15) is 0 Å². The summed E-state index contributed by atoms with van der Waals surface area (Å²) in [6.45, 7) is 0.869. The maximum absolute atomic E-state index is 9.70. The fourth-order valence-electron chi connectivity index (χ4n) is 0.148. The Hall–Kier alpha value is 0.899. The van der Waals surface area contributed by atoms with Crippen LogP contribution < -0.4 is 0 Å². The van der Waals surface area contributed by atoms with Gasteiger partial charge in [0, 0.05) is 24.0 Å². The van der Waals surface area contributed by atoms with E-state index in [2.05, 4.69) is 4.18 Å². The zero-order valence-corrected chi connectivity index (χ0v) is 6.36. The molecule has 5 nitrogen and oxygen atoms in total. The van der Waals surface area contributed by atoms with Crippen molar-refractivity contribution in [3.05, 3.63) is 0 Å². The molecule has 1 radical (unpaired) electrons. The molecule has 0 saturated carbocycles. The Balaban J connectivity index is -0.000000245. The van der Waals surface area contributed by atoms with E-state index < -0.39 is 16.4 Å². The van der Waals surface area contributed by atoms with E-state index in [9.17, 15) is 13.2 Å². The van der Waals surface area contributed by atoms with E-state index in [1.54, 1.807) is 0 Å². The van der Waals surface area contributed by atoms with Gasteiger partial charge >= 0.3 is 45.9 Å². The third-order valence-corrected chi connectivity index (χ3v) is 0.668. The number of hydrogen-bond acceptors (Lipinski definition) is 4. The summed E-state index contributed by atoms with van der Waals surface area (Å²) in [7, 11) is -4.57. The molecule has 0 rings (SSSR count). The predicted molar refractivity (Wildman–Crippen MR) is 30.5 cm³/mol. The molecule has 0 aliphatic heterocycles. The number of carbonyl (C=O) groups excluding carboxylic acids is 1. The molecule has 0 aliphatic carbocycles. The van der Waals surface area contributed by atoms with Crippen LogP contribution >= 0.6 is 0 Å². The fraction of sp³-hybridized carbons (Fsp3) is 0.500. The van der Waals surface area contributed by atoms with Gasteiger partial charge in [0.2, 0.25) is 0 Å². The van der Waals surface area contributed by atoms with Gasteiger partial charge in [-0.05, 0) is 0 Å². The van der Waals surface area contributed by atoms with Crippen LogP contribution in [-0.4, -0.2) is 48.5 Å². The van der Waals surface area contributed by atoms with Crippen molar-refractivity contribution in [3.63, 3.8) is 0 Å². The fourth-order valence-corrected chi connectivity index (χ4v) is 0.445. The van der Waals surface area contributed by atoms with Crippen LogP contribution in [0.4, 0.5) is 0 Å². The van der Waals surface area contributed by atoms with Crippen LogP contribution in [0.3, 0.4) is 0 Å². The molecule has 0 aromatic heterocycles. The molecule has 0 bridgehead atoms. The van der Waals surface area contributed by atoms with Crippen LogP contribution in [0.25, 0.3) is 0 Å². The van der Waals surface area contributed by atoms with E-state index in [4.69, 9.17) is 4.55 Å². The Morgan fingerprint density at radius 2 is 1.80 bits per heavy atom. The summed E-state index contributed by atoms with van der Waals surface area (Å²) in [5.74, 6) is -1.06. The number of rotatable bonds is 1. The van der Waals surface area contributed by atoms with Crippen molar-refractivity contribution in [2.24, 2.45) is 0 Å². The SMILES string of the molecule is CC(=O)OS(=O)(=O)O.[Mn].[NaH]. The van der Waals surface area contributed by atoms with Crippen LogP contribution in [0.1, 0.15) is 6.92 Å². The molecule has 1 N–H and O–H groups in total. The second-order valence-corrected chi connectivity index (χ2v) is 2.02. The molecule has 0 atom stereocenters. The molecule has 0 fully saturated rings. The molecule has 0 unspecified atom stereocenters. The van der Waals surface area contributed by atoms with Crippen molar-refractivity contribution in [1.29, 1.82) is 0 Å². The van der Waals surface area contributed by atoms with Crippen molar-refractivity contribution < 1.29 is 39.0 Å². The Labute approximate surface area is 91.2 Å². The molecule has 8 heteroatoms. The molecule has 0 aromatic carbocycles.